The molecule has 1 fully saturated rings. The molecule has 1 aromatic heterocycles. The Morgan fingerprint density at radius 3 is 3.00 bits per heavy atom. The number of nitrogens with zero attached hydrogens (tertiary/aromatic N) is 3. The van der Waals surface area contributed by atoms with E-state index in [9.17, 15) is 0 Å². The molecule has 0 aliphatic carbocycles. The molecular weight excluding hydrogens is 264 g/mol. The Kier molecular flexibility index (Phi) is 5.21. The zero-order valence-electron chi connectivity index (χ0n) is 11.9. The summed E-state index contributed by atoms with van der Waals surface area (Å²) in [6.07, 6.45) is 0.261. The van der Waals surface area contributed by atoms with Crippen LogP contribution in [0.3, 0.4) is 0 Å². The van der Waals surface area contributed by atoms with Gasteiger partial charge < -0.3 is 10.1 Å². The van der Waals surface area contributed by atoms with Gasteiger partial charge in [0, 0.05) is 32.7 Å². The van der Waals surface area contributed by atoms with E-state index in [0.717, 1.165) is 55.7 Å². The van der Waals surface area contributed by atoms with Crippen LogP contribution >= 0.6 is 11.6 Å². The Labute approximate surface area is 119 Å². The molecule has 1 unspecified atom stereocenters. The topological polar surface area (TPSA) is 42.3 Å². The lowest BCUT2D eigenvalue weighted by Gasteiger charge is -2.28. The molecular formula is C13H23ClN4O. The number of hydrogen-bond acceptors (Lipinski definition) is 4. The molecule has 6 heteroatoms. The third-order valence-electron chi connectivity index (χ3n) is 3.39. The first kappa shape index (κ1) is 14.8. The number of hydrogen-bond donors (Lipinski definition) is 1. The lowest BCUT2D eigenvalue weighted by molar-refractivity contribution is 0.00849. The Bertz CT molecular complexity index is 415. The van der Waals surface area contributed by atoms with Crippen LogP contribution in [0.25, 0.3) is 0 Å². The lowest BCUT2D eigenvalue weighted by Crippen LogP contribution is -2.44. The zero-order chi connectivity index (χ0) is 13.8. The van der Waals surface area contributed by atoms with Crippen molar-refractivity contribution >= 4 is 11.6 Å². The molecule has 0 saturated carbocycles. The van der Waals surface area contributed by atoms with Crippen LogP contribution in [-0.2, 0) is 17.8 Å². The SMILES string of the molecule is CCn1nc(C)c(Cl)c1CN(C)CC1CNCCO1. The van der Waals surface area contributed by atoms with Gasteiger partial charge in [-0.3, -0.25) is 9.58 Å². The molecule has 1 N–H and O–H groups in total. The van der Waals surface area contributed by atoms with Crippen molar-refractivity contribution < 1.29 is 4.74 Å². The van der Waals surface area contributed by atoms with E-state index in [1.54, 1.807) is 0 Å². The third kappa shape index (κ3) is 3.69. The molecule has 2 heterocycles. The van der Waals surface area contributed by atoms with Gasteiger partial charge in [0.15, 0.2) is 0 Å². The number of rotatable bonds is 5. The Morgan fingerprint density at radius 1 is 1.58 bits per heavy atom. The van der Waals surface area contributed by atoms with Crippen molar-refractivity contribution in [2.24, 2.45) is 0 Å². The molecule has 0 bridgehead atoms. The van der Waals surface area contributed by atoms with Gasteiger partial charge >= 0.3 is 0 Å². The minimum Gasteiger partial charge on any atom is -0.374 e. The van der Waals surface area contributed by atoms with Gasteiger partial charge in [0.05, 0.1) is 29.1 Å². The van der Waals surface area contributed by atoms with Crippen molar-refractivity contribution in [2.45, 2.75) is 33.0 Å². The predicted molar refractivity (Wildman–Crippen MR) is 76.6 cm³/mol. The van der Waals surface area contributed by atoms with Crippen molar-refractivity contribution in [1.29, 1.82) is 0 Å². The predicted octanol–water partition coefficient (Wildman–Crippen LogP) is 1.29. The highest BCUT2D eigenvalue weighted by Crippen LogP contribution is 2.21. The molecule has 108 valence electrons. The van der Waals surface area contributed by atoms with Gasteiger partial charge in [0.2, 0.25) is 0 Å². The van der Waals surface area contributed by atoms with Crippen LogP contribution in [0.4, 0.5) is 0 Å². The number of aromatic nitrogens is 2. The Morgan fingerprint density at radius 2 is 2.37 bits per heavy atom. The first-order chi connectivity index (χ1) is 9.11. The summed E-state index contributed by atoms with van der Waals surface area (Å²) in [5, 5.41) is 8.58. The number of ether oxygens (including phenoxy) is 1. The second-order valence-electron chi connectivity index (χ2n) is 5.06. The van der Waals surface area contributed by atoms with Crippen LogP contribution in [0.2, 0.25) is 5.02 Å². The van der Waals surface area contributed by atoms with Crippen LogP contribution in [0.15, 0.2) is 0 Å². The summed E-state index contributed by atoms with van der Waals surface area (Å²) >= 11 is 6.33. The summed E-state index contributed by atoms with van der Waals surface area (Å²) < 4.78 is 7.70. The van der Waals surface area contributed by atoms with Gasteiger partial charge in [-0.2, -0.15) is 5.10 Å². The number of likely N-dealkylation sites (N-methyl/N-ethyl adjacent to an activating group) is 1. The summed E-state index contributed by atoms with van der Waals surface area (Å²) in [6, 6.07) is 0. The molecule has 1 aromatic rings. The standard InChI is InChI=1S/C13H23ClN4O/c1-4-18-12(13(14)10(2)16-18)9-17(3)8-11-7-15-5-6-19-11/h11,15H,4-9H2,1-3H3. The van der Waals surface area contributed by atoms with Crippen molar-refractivity contribution in [3.05, 3.63) is 16.4 Å². The molecule has 19 heavy (non-hydrogen) atoms. The summed E-state index contributed by atoms with van der Waals surface area (Å²) in [6.45, 7) is 9.25. The lowest BCUT2D eigenvalue weighted by atomic mass is 10.2. The van der Waals surface area contributed by atoms with Crippen molar-refractivity contribution in [3.63, 3.8) is 0 Å². The van der Waals surface area contributed by atoms with Crippen molar-refractivity contribution in [3.8, 4) is 0 Å². The number of aryl methyl sites for hydroxylation is 2. The van der Waals surface area contributed by atoms with Crippen LogP contribution in [-0.4, -0.2) is 54.1 Å². The van der Waals surface area contributed by atoms with Gasteiger partial charge in [-0.15, -0.1) is 0 Å². The smallest absolute Gasteiger partial charge is 0.0860 e. The quantitative estimate of drug-likeness (QED) is 0.886. The molecule has 0 amide bonds. The molecule has 1 saturated heterocycles. The average molecular weight is 287 g/mol. The largest absolute Gasteiger partial charge is 0.374 e. The van der Waals surface area contributed by atoms with E-state index >= 15 is 0 Å². The maximum atomic E-state index is 6.33. The van der Waals surface area contributed by atoms with Crippen molar-refractivity contribution in [1.82, 2.24) is 20.0 Å². The van der Waals surface area contributed by atoms with Gasteiger partial charge in [-0.25, -0.2) is 0 Å². The van der Waals surface area contributed by atoms with Crippen molar-refractivity contribution in [2.75, 3.05) is 33.3 Å². The summed E-state index contributed by atoms with van der Waals surface area (Å²) in [5.74, 6) is 0. The highest BCUT2D eigenvalue weighted by Gasteiger charge is 2.18. The van der Waals surface area contributed by atoms with E-state index in [2.05, 4.69) is 29.3 Å². The van der Waals surface area contributed by atoms with Gasteiger partial charge in [0.1, 0.15) is 0 Å². The first-order valence-electron chi connectivity index (χ1n) is 6.84. The number of halogens is 1. The summed E-state index contributed by atoms with van der Waals surface area (Å²) in [7, 11) is 2.09. The second kappa shape index (κ2) is 6.70. The highest BCUT2D eigenvalue weighted by atomic mass is 35.5. The van der Waals surface area contributed by atoms with E-state index in [1.807, 2.05) is 11.6 Å². The first-order valence-corrected chi connectivity index (χ1v) is 7.22. The molecule has 0 aromatic carbocycles. The maximum absolute atomic E-state index is 6.33. The van der Waals surface area contributed by atoms with E-state index in [1.165, 1.54) is 0 Å². The molecule has 1 aliphatic rings. The molecule has 5 nitrogen and oxygen atoms in total. The van der Waals surface area contributed by atoms with Gasteiger partial charge in [-0.1, -0.05) is 11.6 Å². The fourth-order valence-electron chi connectivity index (χ4n) is 2.42. The highest BCUT2D eigenvalue weighted by molar-refractivity contribution is 6.31. The number of nitrogens with one attached hydrogen (secondary N) is 1. The van der Waals surface area contributed by atoms with Gasteiger partial charge in [0.25, 0.3) is 0 Å². The second-order valence-corrected chi connectivity index (χ2v) is 5.43. The summed E-state index contributed by atoms with van der Waals surface area (Å²) in [4.78, 5) is 2.24. The monoisotopic (exact) mass is 286 g/mol. The fourth-order valence-corrected chi connectivity index (χ4v) is 2.62. The molecule has 0 radical (unpaired) electrons. The van der Waals surface area contributed by atoms with E-state index in [0.29, 0.717) is 0 Å². The molecule has 2 rings (SSSR count). The normalized spacial score (nSPS) is 20.2. The molecule has 1 aliphatic heterocycles. The van der Waals surface area contributed by atoms with E-state index in [-0.39, 0.29) is 6.10 Å². The van der Waals surface area contributed by atoms with Crippen LogP contribution in [0.1, 0.15) is 18.3 Å². The zero-order valence-corrected chi connectivity index (χ0v) is 12.7. The minimum absolute atomic E-state index is 0.261. The number of morpholine rings is 1. The van der Waals surface area contributed by atoms with Crippen LogP contribution in [0, 0.1) is 6.92 Å². The maximum Gasteiger partial charge on any atom is 0.0860 e. The average Bonchev–Trinajstić information content (AvgIpc) is 2.67. The van der Waals surface area contributed by atoms with Crippen LogP contribution in [0.5, 0.6) is 0 Å². The summed E-state index contributed by atoms with van der Waals surface area (Å²) in [5.41, 5.74) is 2.00. The third-order valence-corrected chi connectivity index (χ3v) is 3.88. The van der Waals surface area contributed by atoms with Gasteiger partial charge in [-0.05, 0) is 20.9 Å². The van der Waals surface area contributed by atoms with E-state index in [4.69, 9.17) is 16.3 Å². The van der Waals surface area contributed by atoms with Crippen LogP contribution < -0.4 is 5.32 Å². The Hall–Kier alpha value is -0.620. The van der Waals surface area contributed by atoms with E-state index < -0.39 is 0 Å². The Balaban J connectivity index is 1.96. The fraction of sp³-hybridized carbons (Fsp3) is 0.769. The minimum atomic E-state index is 0.261. The molecule has 0 spiro atoms. The molecule has 1 atom stereocenters.